The summed E-state index contributed by atoms with van der Waals surface area (Å²) in [6.45, 7) is 6.47. The zero-order valence-electron chi connectivity index (χ0n) is 16.9. The number of imidazole rings is 1. The third kappa shape index (κ3) is 4.86. The number of carbonyl (C=O) groups is 2. The van der Waals surface area contributed by atoms with Crippen LogP contribution in [0, 0.1) is 0 Å². The fourth-order valence-corrected chi connectivity index (χ4v) is 3.32. The van der Waals surface area contributed by atoms with Crippen LogP contribution in [-0.2, 0) is 17.9 Å². The smallest absolute Gasteiger partial charge is 0.273 e. The Kier molecular flexibility index (Phi) is 6.71. The van der Waals surface area contributed by atoms with E-state index in [-0.39, 0.29) is 17.9 Å². The van der Waals surface area contributed by atoms with E-state index in [0.29, 0.717) is 41.9 Å². The lowest BCUT2D eigenvalue weighted by Gasteiger charge is -2.28. The molecule has 2 aromatic rings. The summed E-state index contributed by atoms with van der Waals surface area (Å²) in [5, 5.41) is 3.29. The molecule has 2 amide bonds. The van der Waals surface area contributed by atoms with Crippen LogP contribution in [0.25, 0.3) is 0 Å². The van der Waals surface area contributed by atoms with E-state index in [9.17, 15) is 9.59 Å². The van der Waals surface area contributed by atoms with Crippen molar-refractivity contribution in [3.63, 3.8) is 0 Å². The van der Waals surface area contributed by atoms with Gasteiger partial charge >= 0.3 is 0 Å². The minimum Gasteiger partial charge on any atom is -0.330 e. The number of likely N-dealkylation sites (N-methyl/N-ethyl adjacent to an activating group) is 1. The highest BCUT2D eigenvalue weighted by atomic mass is 35.5. The number of amides is 2. The average molecular weight is 416 g/mol. The molecule has 0 aliphatic carbocycles. The lowest BCUT2D eigenvalue weighted by Crippen LogP contribution is -2.38. The molecular weight excluding hydrogens is 390 g/mol. The van der Waals surface area contributed by atoms with Gasteiger partial charge in [-0.25, -0.2) is 4.98 Å². The number of benzene rings is 1. The zero-order chi connectivity index (χ0) is 21.0. The Hall–Kier alpha value is -2.64. The number of halogens is 1. The van der Waals surface area contributed by atoms with Crippen LogP contribution in [0.2, 0.25) is 5.02 Å². The molecule has 0 spiro atoms. The maximum Gasteiger partial charge on any atom is 0.273 e. The first-order valence-electron chi connectivity index (χ1n) is 9.68. The number of rotatable bonds is 6. The standard InChI is InChI=1S/C21H26ClN5O2/c1-4-25(3)15(2)9-10-20(28)26-11-12-27-18(13-23-19(27)14-26)21(29)24-17-8-6-5-7-16(17)22/h5-10,13,15H,4,11-12,14H2,1-3H3,(H,24,29)/b10-9+/t15-/m0/s1. The molecule has 8 heteroatoms. The molecule has 0 saturated heterocycles. The van der Waals surface area contributed by atoms with E-state index < -0.39 is 0 Å². The van der Waals surface area contributed by atoms with Gasteiger partial charge in [-0.3, -0.25) is 9.59 Å². The number of fused-ring (bicyclic) bond motifs is 1. The molecule has 1 aromatic carbocycles. The van der Waals surface area contributed by atoms with Crippen molar-refractivity contribution in [1.29, 1.82) is 0 Å². The number of nitrogens with one attached hydrogen (secondary N) is 1. The van der Waals surface area contributed by atoms with Gasteiger partial charge in [0, 0.05) is 25.2 Å². The van der Waals surface area contributed by atoms with Crippen molar-refractivity contribution >= 4 is 29.1 Å². The number of aromatic nitrogens is 2. The van der Waals surface area contributed by atoms with E-state index in [4.69, 9.17) is 11.6 Å². The summed E-state index contributed by atoms with van der Waals surface area (Å²) in [6, 6.07) is 7.27. The molecule has 0 unspecified atom stereocenters. The van der Waals surface area contributed by atoms with Gasteiger partial charge in [0.15, 0.2) is 0 Å². The van der Waals surface area contributed by atoms with Crippen molar-refractivity contribution in [3.8, 4) is 0 Å². The largest absolute Gasteiger partial charge is 0.330 e. The third-order valence-corrected chi connectivity index (χ3v) is 5.57. The first-order chi connectivity index (χ1) is 13.9. The van der Waals surface area contributed by atoms with Gasteiger partial charge in [-0.2, -0.15) is 0 Å². The zero-order valence-corrected chi connectivity index (χ0v) is 17.7. The minimum absolute atomic E-state index is 0.0438. The number of anilines is 1. The predicted molar refractivity (Wildman–Crippen MR) is 114 cm³/mol. The summed E-state index contributed by atoms with van der Waals surface area (Å²) in [5.74, 6) is 0.381. The van der Waals surface area contributed by atoms with Gasteiger partial charge in [-0.1, -0.05) is 36.7 Å². The van der Waals surface area contributed by atoms with Gasteiger partial charge < -0.3 is 19.7 Å². The Balaban J connectivity index is 1.66. The highest BCUT2D eigenvalue weighted by Crippen LogP contribution is 2.22. The van der Waals surface area contributed by atoms with Gasteiger partial charge in [0.2, 0.25) is 5.91 Å². The van der Waals surface area contributed by atoms with Crippen LogP contribution in [0.5, 0.6) is 0 Å². The first kappa shape index (κ1) is 21.1. The number of para-hydroxylation sites is 1. The number of hydrogen-bond acceptors (Lipinski definition) is 4. The summed E-state index contributed by atoms with van der Waals surface area (Å²) in [5.41, 5.74) is 1.01. The molecule has 0 saturated carbocycles. The van der Waals surface area contributed by atoms with Crippen LogP contribution >= 0.6 is 11.6 Å². The number of nitrogens with zero attached hydrogens (tertiary/aromatic N) is 4. The quantitative estimate of drug-likeness (QED) is 0.736. The Bertz CT molecular complexity index is 924. The maximum absolute atomic E-state index is 12.7. The molecular formula is C21H26ClN5O2. The molecule has 7 nitrogen and oxygen atoms in total. The Labute approximate surface area is 176 Å². The molecule has 0 radical (unpaired) electrons. The van der Waals surface area contributed by atoms with Crippen LogP contribution < -0.4 is 5.32 Å². The van der Waals surface area contributed by atoms with Gasteiger partial charge in [0.25, 0.3) is 5.91 Å². The second-order valence-electron chi connectivity index (χ2n) is 7.08. The molecule has 0 fully saturated rings. The van der Waals surface area contributed by atoms with Crippen molar-refractivity contribution in [1.82, 2.24) is 19.4 Å². The first-order valence-corrected chi connectivity index (χ1v) is 10.1. The summed E-state index contributed by atoms with van der Waals surface area (Å²) >= 11 is 6.12. The second kappa shape index (κ2) is 9.24. The molecule has 29 heavy (non-hydrogen) atoms. The Morgan fingerprint density at radius 3 is 2.83 bits per heavy atom. The third-order valence-electron chi connectivity index (χ3n) is 5.24. The molecule has 1 atom stereocenters. The highest BCUT2D eigenvalue weighted by molar-refractivity contribution is 6.33. The molecule has 1 aliphatic heterocycles. The molecule has 1 aromatic heterocycles. The van der Waals surface area contributed by atoms with E-state index in [2.05, 4.69) is 29.0 Å². The fourth-order valence-electron chi connectivity index (χ4n) is 3.14. The number of carbonyl (C=O) groups excluding carboxylic acids is 2. The van der Waals surface area contributed by atoms with Crippen molar-refractivity contribution in [3.05, 3.63) is 59.2 Å². The van der Waals surface area contributed by atoms with E-state index >= 15 is 0 Å². The second-order valence-corrected chi connectivity index (χ2v) is 7.49. The van der Waals surface area contributed by atoms with Gasteiger partial charge in [-0.05, 0) is 32.6 Å². The lowest BCUT2D eigenvalue weighted by molar-refractivity contribution is -0.127. The summed E-state index contributed by atoms with van der Waals surface area (Å²) in [6.07, 6.45) is 5.08. The van der Waals surface area contributed by atoms with Crippen molar-refractivity contribution < 1.29 is 9.59 Å². The van der Waals surface area contributed by atoms with Gasteiger partial charge in [-0.15, -0.1) is 0 Å². The molecule has 1 aliphatic rings. The molecule has 154 valence electrons. The van der Waals surface area contributed by atoms with Crippen LogP contribution in [0.3, 0.4) is 0 Å². The van der Waals surface area contributed by atoms with Gasteiger partial charge in [0.05, 0.1) is 23.5 Å². The van der Waals surface area contributed by atoms with E-state index in [1.165, 1.54) is 0 Å². The molecule has 1 N–H and O–H groups in total. The van der Waals surface area contributed by atoms with E-state index in [1.54, 1.807) is 35.4 Å². The lowest BCUT2D eigenvalue weighted by atomic mass is 10.2. The van der Waals surface area contributed by atoms with Crippen molar-refractivity contribution in [2.45, 2.75) is 33.0 Å². The van der Waals surface area contributed by atoms with Crippen molar-refractivity contribution in [2.24, 2.45) is 0 Å². The highest BCUT2D eigenvalue weighted by Gasteiger charge is 2.25. The summed E-state index contributed by atoms with van der Waals surface area (Å²) in [7, 11) is 2.02. The van der Waals surface area contributed by atoms with E-state index in [0.717, 1.165) is 6.54 Å². The molecule has 2 heterocycles. The summed E-state index contributed by atoms with van der Waals surface area (Å²) in [4.78, 5) is 33.4. The number of hydrogen-bond donors (Lipinski definition) is 1. The summed E-state index contributed by atoms with van der Waals surface area (Å²) < 4.78 is 1.85. The van der Waals surface area contributed by atoms with Crippen LogP contribution in [0.15, 0.2) is 42.6 Å². The van der Waals surface area contributed by atoms with Crippen molar-refractivity contribution in [2.75, 3.05) is 25.5 Å². The SMILES string of the molecule is CCN(C)[C@@H](C)/C=C/C(=O)N1CCn2c(C(=O)Nc3ccccc3Cl)cnc2C1. The van der Waals surface area contributed by atoms with Crippen LogP contribution in [0.4, 0.5) is 5.69 Å². The van der Waals surface area contributed by atoms with Gasteiger partial charge in [0.1, 0.15) is 11.5 Å². The average Bonchev–Trinajstić information content (AvgIpc) is 3.16. The van der Waals surface area contributed by atoms with Crippen LogP contribution in [0.1, 0.15) is 30.2 Å². The monoisotopic (exact) mass is 415 g/mol. The molecule has 0 bridgehead atoms. The Morgan fingerprint density at radius 1 is 1.34 bits per heavy atom. The molecule has 3 rings (SSSR count). The van der Waals surface area contributed by atoms with Crippen LogP contribution in [-0.4, -0.2) is 57.3 Å². The fraction of sp³-hybridized carbons (Fsp3) is 0.381. The topological polar surface area (TPSA) is 70.5 Å². The van der Waals surface area contributed by atoms with E-state index in [1.807, 2.05) is 23.8 Å². The maximum atomic E-state index is 12.7. The Morgan fingerprint density at radius 2 is 2.10 bits per heavy atom. The predicted octanol–water partition coefficient (Wildman–Crippen LogP) is 3.03. The normalized spacial score (nSPS) is 14.9. The minimum atomic E-state index is -0.270.